The largest absolute Gasteiger partial charge is 1.00 e. The summed E-state index contributed by atoms with van der Waals surface area (Å²) in [6.07, 6.45) is 0. The van der Waals surface area contributed by atoms with Crippen molar-refractivity contribution in [3.05, 3.63) is 0 Å². The zero-order chi connectivity index (χ0) is 9.23. The number of rotatable bonds is 3. The second-order valence-electron chi connectivity index (χ2n) is 2.97. The molecule has 4 nitrogen and oxygen atoms in total. The van der Waals surface area contributed by atoms with Crippen molar-refractivity contribution in [2.45, 2.75) is 20.8 Å². The van der Waals surface area contributed by atoms with Crippen LogP contribution in [0.25, 0.3) is 0 Å². The molecule has 0 bridgehead atoms. The Kier molecular flexibility index (Phi) is 6.70. The minimum Gasteiger partial charge on any atom is -1.00 e. The van der Waals surface area contributed by atoms with Gasteiger partial charge >= 0.3 is 63.3 Å². The van der Waals surface area contributed by atoms with Gasteiger partial charge in [-0.1, -0.05) is 13.8 Å². The average molecular weight is 200 g/mol. The summed E-state index contributed by atoms with van der Waals surface area (Å²) in [6.45, 7) is 4.35. The van der Waals surface area contributed by atoms with Gasteiger partial charge < -0.3 is 11.6 Å². The van der Waals surface area contributed by atoms with Crippen LogP contribution in [0.1, 0.15) is 22.2 Å². The molecule has 0 aromatic carbocycles. The summed E-state index contributed by atoms with van der Waals surface area (Å²) < 4.78 is 0. The van der Waals surface area contributed by atoms with Crippen LogP contribution in [0.5, 0.6) is 0 Å². The fourth-order valence-electron chi connectivity index (χ4n) is 0.585. The number of carbonyl (C=O) groups is 2. The second-order valence-corrected chi connectivity index (χ2v) is 2.97. The molecule has 0 aromatic heterocycles. The maximum atomic E-state index is 10.5. The zero-order valence-electron chi connectivity index (χ0n) is 8.79. The minimum atomic E-state index is -1.67. The van der Waals surface area contributed by atoms with Gasteiger partial charge in [0, 0.05) is 0 Å². The molecule has 12 heavy (non-hydrogen) atoms. The molecule has 0 aliphatic rings. The molecule has 0 saturated carbocycles. The minimum absolute atomic E-state index is 0. The molecule has 2 N–H and O–H groups in total. The average Bonchev–Trinajstić information content (AvgIpc) is 1.84. The van der Waals surface area contributed by atoms with Crippen LogP contribution in [0, 0.1) is 11.3 Å². The standard InChI is InChI=1S/C7H12O4.K.H/c1-4(2)7(3,5(8)9)6(10)11;;/h4H,1-3H3,(H,8,9)(H,10,11);;/q;+1;-1. The normalized spacial score (nSPS) is 10.7. The first-order chi connectivity index (χ1) is 4.83. The van der Waals surface area contributed by atoms with Crippen LogP contribution in [0.15, 0.2) is 0 Å². The maximum Gasteiger partial charge on any atom is 1.00 e. The van der Waals surface area contributed by atoms with E-state index in [1.54, 1.807) is 13.8 Å². The quantitative estimate of drug-likeness (QED) is 0.405. The Morgan fingerprint density at radius 3 is 1.50 bits per heavy atom. The van der Waals surface area contributed by atoms with Gasteiger partial charge in [0.2, 0.25) is 0 Å². The van der Waals surface area contributed by atoms with Crippen molar-refractivity contribution in [2.24, 2.45) is 11.3 Å². The van der Waals surface area contributed by atoms with Gasteiger partial charge in [-0.3, -0.25) is 9.59 Å². The predicted octanol–water partition coefficient (Wildman–Crippen LogP) is -2.07. The smallest absolute Gasteiger partial charge is 1.00 e. The van der Waals surface area contributed by atoms with Crippen LogP contribution >= 0.6 is 0 Å². The molecule has 0 radical (unpaired) electrons. The fourth-order valence-corrected chi connectivity index (χ4v) is 0.585. The fraction of sp³-hybridized carbons (Fsp3) is 0.714. The molecule has 66 valence electrons. The summed E-state index contributed by atoms with van der Waals surface area (Å²) in [4.78, 5) is 21.0. The van der Waals surface area contributed by atoms with E-state index in [-0.39, 0.29) is 52.8 Å². The van der Waals surface area contributed by atoms with E-state index in [0.29, 0.717) is 0 Å². The summed E-state index contributed by atoms with van der Waals surface area (Å²) in [5.41, 5.74) is -1.67. The summed E-state index contributed by atoms with van der Waals surface area (Å²) in [7, 11) is 0. The molecule has 0 saturated heterocycles. The van der Waals surface area contributed by atoms with Crippen LogP contribution in [0.4, 0.5) is 0 Å². The van der Waals surface area contributed by atoms with E-state index >= 15 is 0 Å². The Bertz CT molecular complexity index is 179. The molecule has 0 fully saturated rings. The van der Waals surface area contributed by atoms with E-state index < -0.39 is 23.3 Å². The Morgan fingerprint density at radius 2 is 1.50 bits per heavy atom. The van der Waals surface area contributed by atoms with Crippen molar-refractivity contribution in [2.75, 3.05) is 0 Å². The Morgan fingerprint density at radius 1 is 1.25 bits per heavy atom. The molecule has 0 heterocycles. The van der Waals surface area contributed by atoms with Crippen LogP contribution in [0.3, 0.4) is 0 Å². The first-order valence-electron chi connectivity index (χ1n) is 3.30. The molecule has 0 aliphatic heterocycles. The van der Waals surface area contributed by atoms with Gasteiger partial charge in [0.1, 0.15) is 0 Å². The summed E-state index contributed by atoms with van der Waals surface area (Å²) in [5, 5.41) is 17.2. The predicted molar refractivity (Wildman–Crippen MR) is 39.3 cm³/mol. The summed E-state index contributed by atoms with van der Waals surface area (Å²) in [6, 6.07) is 0. The molecule has 0 aromatic rings. The van der Waals surface area contributed by atoms with E-state index in [1.807, 2.05) is 0 Å². The van der Waals surface area contributed by atoms with Crippen molar-refractivity contribution in [1.82, 2.24) is 0 Å². The van der Waals surface area contributed by atoms with Gasteiger partial charge in [0.05, 0.1) is 0 Å². The Labute approximate surface area is 115 Å². The number of hydrogen-bond acceptors (Lipinski definition) is 2. The second kappa shape index (κ2) is 5.34. The molecule has 0 rings (SSSR count). The number of hydrogen-bond donors (Lipinski definition) is 2. The molecule has 0 amide bonds. The third-order valence-corrected chi connectivity index (χ3v) is 2.04. The van der Waals surface area contributed by atoms with Gasteiger partial charge in [-0.05, 0) is 12.8 Å². The first kappa shape index (κ1) is 15.1. The number of carboxylic acids is 2. The van der Waals surface area contributed by atoms with Crippen molar-refractivity contribution in [3.8, 4) is 0 Å². The van der Waals surface area contributed by atoms with Gasteiger partial charge in [-0.15, -0.1) is 0 Å². The van der Waals surface area contributed by atoms with E-state index in [2.05, 4.69) is 0 Å². The molecule has 0 atom stereocenters. The molecule has 0 spiro atoms. The van der Waals surface area contributed by atoms with E-state index in [9.17, 15) is 9.59 Å². The topological polar surface area (TPSA) is 74.6 Å². The van der Waals surface area contributed by atoms with Crippen molar-refractivity contribution >= 4 is 11.9 Å². The maximum absolute atomic E-state index is 10.5. The zero-order valence-corrected chi connectivity index (χ0v) is 10.9. The van der Waals surface area contributed by atoms with Crippen LogP contribution in [-0.2, 0) is 9.59 Å². The molecule has 5 heteroatoms. The van der Waals surface area contributed by atoms with Gasteiger partial charge in [-0.2, -0.15) is 0 Å². The van der Waals surface area contributed by atoms with Crippen molar-refractivity contribution in [1.29, 1.82) is 0 Å². The Balaban J connectivity index is -0.000000500. The van der Waals surface area contributed by atoms with Crippen LogP contribution < -0.4 is 51.4 Å². The summed E-state index contributed by atoms with van der Waals surface area (Å²) in [5.74, 6) is -3.00. The third-order valence-electron chi connectivity index (χ3n) is 2.04. The van der Waals surface area contributed by atoms with E-state index in [4.69, 9.17) is 10.2 Å². The first-order valence-corrected chi connectivity index (χ1v) is 3.30. The molecular weight excluding hydrogens is 187 g/mol. The molecule has 0 aliphatic carbocycles. The number of aliphatic carboxylic acids is 2. The monoisotopic (exact) mass is 200 g/mol. The third kappa shape index (κ3) is 2.81. The van der Waals surface area contributed by atoms with E-state index in [1.165, 1.54) is 6.92 Å². The van der Waals surface area contributed by atoms with Gasteiger partial charge in [-0.25, -0.2) is 0 Å². The van der Waals surface area contributed by atoms with E-state index in [0.717, 1.165) is 0 Å². The number of carboxylic acid groups (broad SMARTS) is 2. The molecule has 0 unspecified atom stereocenters. The van der Waals surface area contributed by atoms with Crippen molar-refractivity contribution in [3.63, 3.8) is 0 Å². The van der Waals surface area contributed by atoms with Crippen LogP contribution in [-0.4, -0.2) is 22.2 Å². The molecular formula is C7H13KO4. The van der Waals surface area contributed by atoms with Gasteiger partial charge in [0.25, 0.3) is 0 Å². The van der Waals surface area contributed by atoms with Crippen molar-refractivity contribution < 1.29 is 72.6 Å². The SMILES string of the molecule is CC(C)C(C)(C(=O)O)C(=O)O.[H-].[K+]. The van der Waals surface area contributed by atoms with Crippen LogP contribution in [0.2, 0.25) is 0 Å². The Hall–Kier alpha value is 0.576. The van der Waals surface area contributed by atoms with Gasteiger partial charge in [0.15, 0.2) is 5.41 Å². The summed E-state index contributed by atoms with van der Waals surface area (Å²) >= 11 is 0.